The standard InChI is InChI=1S/C72H115NO8/c1-6-8-10-12-14-16-18-20-22-24-26-27-28-29-30-31-32-33-34-35-36-37-38-39-40-41-42-43-45-47-49-51-53-55-57-59-61-63-70(75)81-68(67-80-72(71(76)77)78-65-64-73(3,4)5)66-79-69(74)62-60-58-56-54-52-50-48-46-44-25-23-21-19-17-15-13-11-9-7-2/h8,10,14-17,20-23,26-27,29-30,32-33,35-36,38-39,41-42,45,47,51,53,68,72H,6-7,9,11-13,18-19,24-25,28,31,34,37,40,43-44,46,48-50,52,54-67H2,1-5H3/b10-8-,16-14-,17-15-,22-20-,23-21-,27-26-,30-29-,33-32-,36-35-,39-38-,42-41-,47-45-,53-51-. The zero-order chi connectivity index (χ0) is 59.1. The Kier molecular flexibility index (Phi) is 57.2. The van der Waals surface area contributed by atoms with Crippen molar-refractivity contribution in [2.24, 2.45) is 0 Å². The number of aliphatic carboxylic acids is 1. The molecule has 0 aliphatic carbocycles. The van der Waals surface area contributed by atoms with Gasteiger partial charge in [-0.25, -0.2) is 0 Å². The van der Waals surface area contributed by atoms with Crippen molar-refractivity contribution in [3.05, 3.63) is 158 Å². The summed E-state index contributed by atoms with van der Waals surface area (Å²) in [5.74, 6) is -2.35. The van der Waals surface area contributed by atoms with Crippen LogP contribution >= 0.6 is 0 Å². The zero-order valence-corrected chi connectivity index (χ0v) is 51.8. The van der Waals surface area contributed by atoms with Crippen LogP contribution in [0.25, 0.3) is 0 Å². The number of likely N-dealkylation sites (N-methyl/N-ethyl adjacent to an activating group) is 1. The summed E-state index contributed by atoms with van der Waals surface area (Å²) in [5.41, 5.74) is 0. The molecule has 0 saturated carbocycles. The van der Waals surface area contributed by atoms with E-state index in [9.17, 15) is 19.5 Å². The van der Waals surface area contributed by atoms with E-state index in [2.05, 4.69) is 172 Å². The van der Waals surface area contributed by atoms with Crippen LogP contribution < -0.4 is 5.11 Å². The lowest BCUT2D eigenvalue weighted by molar-refractivity contribution is -0.870. The molecule has 456 valence electrons. The molecule has 0 N–H and O–H groups in total. The fraction of sp³-hybridized carbons (Fsp3) is 0.597. The molecule has 0 aromatic heterocycles. The first-order valence-electron chi connectivity index (χ1n) is 31.6. The van der Waals surface area contributed by atoms with Gasteiger partial charge in [-0.15, -0.1) is 0 Å². The highest BCUT2D eigenvalue weighted by atomic mass is 16.7. The van der Waals surface area contributed by atoms with Gasteiger partial charge in [-0.2, -0.15) is 0 Å². The number of rotatable bonds is 56. The van der Waals surface area contributed by atoms with Gasteiger partial charge in [0.25, 0.3) is 0 Å². The van der Waals surface area contributed by atoms with Crippen molar-refractivity contribution >= 4 is 17.9 Å². The molecule has 0 aromatic rings. The number of carboxylic acid groups (broad SMARTS) is 1. The van der Waals surface area contributed by atoms with Gasteiger partial charge >= 0.3 is 11.9 Å². The molecule has 0 spiro atoms. The maximum atomic E-state index is 12.9. The Labute approximate surface area is 495 Å². The molecule has 0 aliphatic rings. The fourth-order valence-electron chi connectivity index (χ4n) is 7.92. The first kappa shape index (κ1) is 75.9. The van der Waals surface area contributed by atoms with E-state index in [1.807, 2.05) is 21.1 Å². The second kappa shape index (κ2) is 61.0. The van der Waals surface area contributed by atoms with E-state index in [0.717, 1.165) is 128 Å². The minimum atomic E-state index is -1.64. The predicted molar refractivity (Wildman–Crippen MR) is 342 cm³/mol. The molecule has 9 nitrogen and oxygen atoms in total. The molecule has 0 aliphatic heterocycles. The van der Waals surface area contributed by atoms with Crippen LogP contribution in [0.2, 0.25) is 0 Å². The summed E-state index contributed by atoms with van der Waals surface area (Å²) in [6.07, 6.45) is 87.3. The van der Waals surface area contributed by atoms with E-state index in [-0.39, 0.29) is 38.6 Å². The van der Waals surface area contributed by atoms with Gasteiger partial charge in [0.15, 0.2) is 12.4 Å². The lowest BCUT2D eigenvalue weighted by atomic mass is 10.1. The molecule has 0 radical (unpaired) electrons. The summed E-state index contributed by atoms with van der Waals surface area (Å²) < 4.78 is 22.7. The number of carbonyl (C=O) groups excluding carboxylic acids is 3. The van der Waals surface area contributed by atoms with Crippen LogP contribution in [0.15, 0.2) is 158 Å². The number of allylic oxidation sites excluding steroid dienone is 26. The average Bonchev–Trinajstić information content (AvgIpc) is 3.44. The van der Waals surface area contributed by atoms with Crippen LogP contribution in [0.4, 0.5) is 0 Å². The van der Waals surface area contributed by atoms with E-state index < -0.39 is 24.3 Å². The van der Waals surface area contributed by atoms with E-state index in [4.69, 9.17) is 18.9 Å². The third-order valence-corrected chi connectivity index (χ3v) is 12.8. The maximum absolute atomic E-state index is 12.9. The lowest BCUT2D eigenvalue weighted by Crippen LogP contribution is -2.44. The normalized spacial score (nSPS) is 13.8. The number of hydrogen-bond acceptors (Lipinski definition) is 8. The molecule has 0 aromatic carbocycles. The minimum absolute atomic E-state index is 0.131. The smallest absolute Gasteiger partial charge is 0.306 e. The van der Waals surface area contributed by atoms with Crippen LogP contribution in [0, 0.1) is 0 Å². The Bertz CT molecular complexity index is 1880. The van der Waals surface area contributed by atoms with Crippen molar-refractivity contribution in [2.75, 3.05) is 47.5 Å². The highest BCUT2D eigenvalue weighted by molar-refractivity contribution is 5.70. The molecule has 9 heteroatoms. The molecule has 81 heavy (non-hydrogen) atoms. The number of ether oxygens (including phenoxy) is 4. The Balaban J connectivity index is 4.31. The Morgan fingerprint density at radius 3 is 1.06 bits per heavy atom. The highest BCUT2D eigenvalue weighted by Crippen LogP contribution is 2.14. The number of carbonyl (C=O) groups is 3. The number of quaternary nitrogens is 1. The molecular formula is C72H115NO8. The monoisotopic (exact) mass is 1120 g/mol. The van der Waals surface area contributed by atoms with Gasteiger partial charge in [-0.05, 0) is 128 Å². The van der Waals surface area contributed by atoms with Gasteiger partial charge < -0.3 is 33.3 Å². The first-order chi connectivity index (χ1) is 39.6. The maximum Gasteiger partial charge on any atom is 0.306 e. The summed E-state index contributed by atoms with van der Waals surface area (Å²) in [4.78, 5) is 37.3. The quantitative estimate of drug-likeness (QED) is 0.0195. The molecule has 2 unspecified atom stereocenters. The third-order valence-electron chi connectivity index (χ3n) is 12.8. The van der Waals surface area contributed by atoms with Crippen molar-refractivity contribution in [3.8, 4) is 0 Å². The Morgan fingerprint density at radius 1 is 0.383 bits per heavy atom. The second-order valence-electron chi connectivity index (χ2n) is 21.6. The largest absolute Gasteiger partial charge is 0.545 e. The van der Waals surface area contributed by atoms with E-state index in [1.54, 1.807) is 0 Å². The van der Waals surface area contributed by atoms with Gasteiger partial charge in [-0.3, -0.25) is 9.59 Å². The summed E-state index contributed by atoms with van der Waals surface area (Å²) in [5, 5.41) is 11.8. The molecule has 0 bridgehead atoms. The molecule has 0 saturated heterocycles. The summed E-state index contributed by atoms with van der Waals surface area (Å²) >= 11 is 0. The topological polar surface area (TPSA) is 111 Å². The molecule has 0 rings (SSSR count). The van der Waals surface area contributed by atoms with Gasteiger partial charge in [0.1, 0.15) is 13.2 Å². The number of carboxylic acids is 1. The molecule has 0 amide bonds. The van der Waals surface area contributed by atoms with Crippen molar-refractivity contribution in [2.45, 2.75) is 232 Å². The predicted octanol–water partition coefficient (Wildman–Crippen LogP) is 18.0. The van der Waals surface area contributed by atoms with E-state index >= 15 is 0 Å². The highest BCUT2D eigenvalue weighted by Gasteiger charge is 2.22. The number of unbranched alkanes of at least 4 members (excludes halogenated alkanes) is 15. The number of hydrogen-bond donors (Lipinski definition) is 0. The van der Waals surface area contributed by atoms with Crippen LogP contribution in [0.1, 0.15) is 219 Å². The zero-order valence-electron chi connectivity index (χ0n) is 51.8. The fourth-order valence-corrected chi connectivity index (χ4v) is 7.92. The van der Waals surface area contributed by atoms with Crippen molar-refractivity contribution in [3.63, 3.8) is 0 Å². The van der Waals surface area contributed by atoms with Gasteiger partial charge in [0.05, 0.1) is 40.3 Å². The van der Waals surface area contributed by atoms with Gasteiger partial charge in [-0.1, -0.05) is 236 Å². The molecular weight excluding hydrogens is 1010 g/mol. The van der Waals surface area contributed by atoms with Crippen molar-refractivity contribution in [1.29, 1.82) is 0 Å². The first-order valence-corrected chi connectivity index (χ1v) is 31.6. The molecule has 0 heterocycles. The minimum Gasteiger partial charge on any atom is -0.545 e. The van der Waals surface area contributed by atoms with Crippen molar-refractivity contribution < 1.29 is 42.9 Å². The van der Waals surface area contributed by atoms with Crippen molar-refractivity contribution in [1.82, 2.24) is 0 Å². The van der Waals surface area contributed by atoms with E-state index in [1.165, 1.54) is 57.8 Å². The van der Waals surface area contributed by atoms with Crippen LogP contribution in [-0.4, -0.2) is 82.3 Å². The van der Waals surface area contributed by atoms with Gasteiger partial charge in [0, 0.05) is 12.8 Å². The van der Waals surface area contributed by atoms with Crippen LogP contribution in [-0.2, 0) is 33.3 Å². The van der Waals surface area contributed by atoms with Gasteiger partial charge in [0.2, 0.25) is 0 Å². The average molecular weight is 1120 g/mol. The van der Waals surface area contributed by atoms with E-state index in [0.29, 0.717) is 17.4 Å². The molecule has 0 fully saturated rings. The lowest BCUT2D eigenvalue weighted by Gasteiger charge is -2.26. The summed E-state index contributed by atoms with van der Waals surface area (Å²) in [7, 11) is 5.90. The van der Waals surface area contributed by atoms with Crippen LogP contribution in [0.3, 0.4) is 0 Å². The number of nitrogens with zero attached hydrogens (tertiary/aromatic N) is 1. The SMILES string of the molecule is CC/C=C\C/C=C\C/C=C\C/C=C\C/C=C\C/C=C\C/C=C\C/C=C\C/C=C\C/C=C\C/C=C\CCCCCC(=O)OC(COC(=O)CCCCCCCCCCC/C=C\C/C=C\CCCCC)COC(OCC[N+](C)(C)C)C(=O)[O-]. The summed E-state index contributed by atoms with van der Waals surface area (Å²) in [6.45, 7) is 4.54. The Hall–Kier alpha value is -5.09. The molecule has 2 atom stereocenters. The summed E-state index contributed by atoms with van der Waals surface area (Å²) in [6, 6.07) is 0. The van der Waals surface area contributed by atoms with Crippen LogP contribution in [0.5, 0.6) is 0 Å². The number of esters is 2. The second-order valence-corrected chi connectivity index (χ2v) is 21.6. The third kappa shape index (κ3) is 62.4. The Morgan fingerprint density at radius 2 is 0.704 bits per heavy atom.